The molecule has 0 atom stereocenters. The topological polar surface area (TPSA) is 97.3 Å². The summed E-state index contributed by atoms with van der Waals surface area (Å²) in [6, 6.07) is 18.9. The molecule has 8 nitrogen and oxygen atoms in total. The van der Waals surface area contributed by atoms with E-state index in [2.05, 4.69) is 10.5 Å². The Kier molecular flexibility index (Phi) is 7.62. The molecule has 0 saturated heterocycles. The van der Waals surface area contributed by atoms with Crippen LogP contribution in [0.2, 0.25) is 0 Å². The van der Waals surface area contributed by atoms with E-state index in [1.54, 1.807) is 66.7 Å². The third-order valence-corrected chi connectivity index (χ3v) is 7.78. The van der Waals surface area contributed by atoms with Gasteiger partial charge in [0.25, 0.3) is 15.9 Å². The second-order valence-electron chi connectivity index (χ2n) is 7.69. The van der Waals surface area contributed by atoms with E-state index in [9.17, 15) is 13.2 Å². The van der Waals surface area contributed by atoms with Crippen LogP contribution in [0.15, 0.2) is 81.6 Å². The number of nitrogens with one attached hydrogen (secondary N) is 1. The van der Waals surface area contributed by atoms with Crippen LogP contribution in [-0.2, 0) is 14.8 Å². The molecule has 0 spiro atoms. The zero-order chi connectivity index (χ0) is 24.8. The number of anilines is 1. The number of ether oxygens (including phenoxy) is 2. The predicted octanol–water partition coefficient (Wildman–Crippen LogP) is 3.83. The number of carbonyl (C=O) groups excluding carboxylic acids is 1. The van der Waals surface area contributed by atoms with Crippen molar-refractivity contribution in [1.29, 1.82) is 0 Å². The molecule has 0 radical (unpaired) electrons. The van der Waals surface area contributed by atoms with Crippen molar-refractivity contribution >= 4 is 39.6 Å². The van der Waals surface area contributed by atoms with Crippen molar-refractivity contribution in [2.45, 2.75) is 16.7 Å². The molecule has 1 N–H and O–H groups in total. The third kappa shape index (κ3) is 5.77. The maximum atomic E-state index is 13.5. The van der Waals surface area contributed by atoms with E-state index in [1.807, 2.05) is 13.2 Å². The van der Waals surface area contributed by atoms with Gasteiger partial charge < -0.3 is 9.47 Å². The Hall–Kier alpha value is -3.50. The van der Waals surface area contributed by atoms with Crippen molar-refractivity contribution in [1.82, 2.24) is 5.43 Å². The number of nitrogens with zero attached hydrogens (tertiary/aromatic N) is 2. The number of aryl methyl sites for hydroxylation is 1. The standard InChI is InChI=1S/C25H25N3O5S2/c1-18-6-8-20(9-7-18)28(35(30,31)22-12-10-21(34-2)11-13-22)17-24(29)27-26-16-19-4-3-5-23-25(19)33-15-14-32-23/h3-13,16H,14-15,17H2,1-2H3,(H,27,29)/b26-16-. The summed E-state index contributed by atoms with van der Waals surface area (Å²) < 4.78 is 39.2. The minimum Gasteiger partial charge on any atom is -0.486 e. The Morgan fingerprint density at radius 1 is 1.06 bits per heavy atom. The van der Waals surface area contributed by atoms with Gasteiger partial charge >= 0.3 is 0 Å². The summed E-state index contributed by atoms with van der Waals surface area (Å²) >= 11 is 1.52. The van der Waals surface area contributed by atoms with E-state index in [0.29, 0.717) is 36.0 Å². The molecule has 182 valence electrons. The number of amides is 1. The fourth-order valence-corrected chi connectivity index (χ4v) is 5.27. The molecule has 0 fully saturated rings. The number of hydrogen-bond donors (Lipinski definition) is 1. The number of benzene rings is 3. The number of fused-ring (bicyclic) bond motifs is 1. The molecule has 0 unspecified atom stereocenters. The van der Waals surface area contributed by atoms with Crippen LogP contribution in [0, 0.1) is 6.92 Å². The highest BCUT2D eigenvalue weighted by Crippen LogP contribution is 2.32. The number of carbonyl (C=O) groups is 1. The summed E-state index contributed by atoms with van der Waals surface area (Å²) in [6.07, 6.45) is 3.36. The first-order valence-electron chi connectivity index (χ1n) is 10.8. The van der Waals surface area contributed by atoms with Gasteiger partial charge in [-0.25, -0.2) is 13.8 Å². The molecule has 1 aliphatic heterocycles. The van der Waals surface area contributed by atoms with Crippen LogP contribution in [-0.4, -0.2) is 46.6 Å². The number of sulfonamides is 1. The molecule has 0 aliphatic carbocycles. The second kappa shape index (κ2) is 10.8. The number of hydrazone groups is 1. The molecule has 1 amide bonds. The van der Waals surface area contributed by atoms with Gasteiger partial charge in [-0.1, -0.05) is 23.8 Å². The smallest absolute Gasteiger partial charge is 0.264 e. The minimum atomic E-state index is -4.00. The molecule has 3 aromatic carbocycles. The van der Waals surface area contributed by atoms with Crippen molar-refractivity contribution in [3.05, 3.63) is 77.9 Å². The average Bonchev–Trinajstić information content (AvgIpc) is 2.88. The van der Waals surface area contributed by atoms with Crippen LogP contribution in [0.4, 0.5) is 5.69 Å². The average molecular weight is 512 g/mol. The highest BCUT2D eigenvalue weighted by Gasteiger charge is 2.27. The fourth-order valence-electron chi connectivity index (χ4n) is 3.44. The summed E-state index contributed by atoms with van der Waals surface area (Å²) in [7, 11) is -4.00. The molecule has 1 aliphatic rings. The van der Waals surface area contributed by atoms with Crippen LogP contribution in [0.1, 0.15) is 11.1 Å². The van der Waals surface area contributed by atoms with Gasteiger partial charge in [0.05, 0.1) is 16.8 Å². The van der Waals surface area contributed by atoms with Gasteiger partial charge in [0.2, 0.25) is 0 Å². The zero-order valence-corrected chi connectivity index (χ0v) is 20.9. The van der Waals surface area contributed by atoms with Gasteiger partial charge in [0, 0.05) is 10.5 Å². The highest BCUT2D eigenvalue weighted by molar-refractivity contribution is 7.98. The number of thioether (sulfide) groups is 1. The third-order valence-electron chi connectivity index (χ3n) is 5.25. The van der Waals surface area contributed by atoms with Gasteiger partial charge in [-0.3, -0.25) is 9.10 Å². The SMILES string of the molecule is CSc1ccc(S(=O)(=O)N(CC(=O)N/N=C\c2cccc3c2OCCO3)c2ccc(C)cc2)cc1. The fraction of sp³-hybridized carbons (Fsp3) is 0.200. The first kappa shape index (κ1) is 24.6. The molecule has 1 heterocycles. The largest absolute Gasteiger partial charge is 0.486 e. The van der Waals surface area contributed by atoms with E-state index in [-0.39, 0.29) is 4.90 Å². The van der Waals surface area contributed by atoms with Crippen LogP contribution >= 0.6 is 11.8 Å². The Morgan fingerprint density at radius 3 is 2.49 bits per heavy atom. The minimum absolute atomic E-state index is 0.0974. The molecule has 4 rings (SSSR count). The van der Waals surface area contributed by atoms with Crippen molar-refractivity contribution < 1.29 is 22.7 Å². The van der Waals surface area contributed by atoms with Crippen LogP contribution in [0.25, 0.3) is 0 Å². The van der Waals surface area contributed by atoms with Crippen molar-refractivity contribution in [3.8, 4) is 11.5 Å². The summed E-state index contributed by atoms with van der Waals surface area (Å²) in [4.78, 5) is 13.8. The van der Waals surface area contributed by atoms with Crippen molar-refractivity contribution in [2.24, 2.45) is 5.10 Å². The lowest BCUT2D eigenvalue weighted by Gasteiger charge is -2.24. The van der Waals surface area contributed by atoms with E-state index < -0.39 is 22.5 Å². The van der Waals surface area contributed by atoms with E-state index in [1.165, 1.54) is 18.0 Å². The summed E-state index contributed by atoms with van der Waals surface area (Å²) in [6.45, 7) is 2.35. The molecule has 3 aromatic rings. The maximum Gasteiger partial charge on any atom is 0.264 e. The maximum absolute atomic E-state index is 13.5. The Labute approximate surface area is 209 Å². The van der Waals surface area contributed by atoms with E-state index in [0.717, 1.165) is 14.8 Å². The molecule has 0 aromatic heterocycles. The Balaban J connectivity index is 1.55. The van der Waals surface area contributed by atoms with Crippen LogP contribution < -0.4 is 19.2 Å². The van der Waals surface area contributed by atoms with Crippen molar-refractivity contribution in [2.75, 3.05) is 30.3 Å². The summed E-state index contributed by atoms with van der Waals surface area (Å²) in [5.41, 5.74) is 4.41. The number of rotatable bonds is 8. The first-order valence-corrected chi connectivity index (χ1v) is 13.5. The first-order chi connectivity index (χ1) is 16.9. The molecule has 35 heavy (non-hydrogen) atoms. The zero-order valence-electron chi connectivity index (χ0n) is 19.3. The van der Waals surface area contributed by atoms with Gasteiger partial charge in [0.15, 0.2) is 11.5 Å². The van der Waals surface area contributed by atoms with E-state index >= 15 is 0 Å². The molecular formula is C25H25N3O5S2. The van der Waals surface area contributed by atoms with Crippen molar-refractivity contribution in [3.63, 3.8) is 0 Å². The van der Waals surface area contributed by atoms with Crippen LogP contribution in [0.5, 0.6) is 11.5 Å². The lowest BCUT2D eigenvalue weighted by atomic mass is 10.2. The normalized spacial score (nSPS) is 13.0. The van der Waals surface area contributed by atoms with Gasteiger partial charge in [-0.05, 0) is 61.7 Å². The highest BCUT2D eigenvalue weighted by atomic mass is 32.2. The molecule has 0 saturated carbocycles. The summed E-state index contributed by atoms with van der Waals surface area (Å²) in [5.74, 6) is 0.568. The van der Waals surface area contributed by atoms with Crippen LogP contribution in [0.3, 0.4) is 0 Å². The Bertz CT molecular complexity index is 1320. The lowest BCUT2D eigenvalue weighted by Crippen LogP contribution is -2.39. The van der Waals surface area contributed by atoms with Gasteiger partial charge in [-0.2, -0.15) is 5.10 Å². The molecular weight excluding hydrogens is 486 g/mol. The Morgan fingerprint density at radius 2 is 1.77 bits per heavy atom. The van der Waals surface area contributed by atoms with E-state index in [4.69, 9.17) is 9.47 Å². The second-order valence-corrected chi connectivity index (χ2v) is 10.4. The predicted molar refractivity (Wildman–Crippen MR) is 137 cm³/mol. The van der Waals surface area contributed by atoms with Gasteiger partial charge in [-0.15, -0.1) is 11.8 Å². The molecule has 0 bridgehead atoms. The lowest BCUT2D eigenvalue weighted by molar-refractivity contribution is -0.119. The molecule has 10 heteroatoms. The monoisotopic (exact) mass is 511 g/mol. The summed E-state index contributed by atoms with van der Waals surface area (Å²) in [5, 5.41) is 4.00. The van der Waals surface area contributed by atoms with Gasteiger partial charge in [0.1, 0.15) is 19.8 Å². The quantitative estimate of drug-likeness (QED) is 0.280. The number of hydrogen-bond acceptors (Lipinski definition) is 7. The number of para-hydroxylation sites is 1.